The Bertz CT molecular complexity index is 1220. The molecule has 4 rings (SSSR count). The number of rotatable bonds is 5. The maximum absolute atomic E-state index is 13.5. The largest absolute Gasteiger partial charge is 0.348 e. The number of carbonyl (C=O) groups excluding carboxylic acids is 1. The molecular formula is C24H25Cl2N5O2. The van der Waals surface area contributed by atoms with Crippen molar-refractivity contribution in [1.82, 2.24) is 14.6 Å². The van der Waals surface area contributed by atoms with E-state index in [9.17, 15) is 9.59 Å². The number of nitrogens with one attached hydrogen (secondary N) is 1. The lowest BCUT2D eigenvalue weighted by Gasteiger charge is -2.31. The van der Waals surface area contributed by atoms with Crippen LogP contribution in [0.1, 0.15) is 40.1 Å². The first-order valence-corrected chi connectivity index (χ1v) is 11.4. The SMILES string of the molecule is CC(Nc1nc2c(c(=O)n1N(C)C)CN(C(=O)c1ccc(Cl)cc1)CC2)c1ccc(Cl)cc1. The van der Waals surface area contributed by atoms with Crippen molar-refractivity contribution in [2.75, 3.05) is 31.0 Å². The number of halogens is 2. The van der Waals surface area contributed by atoms with Crippen molar-refractivity contribution >= 4 is 35.1 Å². The quantitative estimate of drug-likeness (QED) is 0.588. The summed E-state index contributed by atoms with van der Waals surface area (Å²) in [6.45, 7) is 2.70. The van der Waals surface area contributed by atoms with E-state index < -0.39 is 0 Å². The molecule has 2 heterocycles. The molecule has 1 unspecified atom stereocenters. The van der Waals surface area contributed by atoms with Crippen LogP contribution in [0.3, 0.4) is 0 Å². The Hall–Kier alpha value is -3.03. The van der Waals surface area contributed by atoms with Gasteiger partial charge in [-0.2, -0.15) is 4.68 Å². The van der Waals surface area contributed by atoms with E-state index >= 15 is 0 Å². The summed E-state index contributed by atoms with van der Waals surface area (Å²) in [4.78, 5) is 32.9. The number of fused-ring (bicyclic) bond motifs is 1. The molecule has 9 heteroatoms. The minimum absolute atomic E-state index is 0.0926. The first-order valence-electron chi connectivity index (χ1n) is 10.6. The van der Waals surface area contributed by atoms with Crippen molar-refractivity contribution in [3.05, 3.63) is 91.3 Å². The van der Waals surface area contributed by atoms with Gasteiger partial charge in [-0.25, -0.2) is 4.98 Å². The Morgan fingerprint density at radius 1 is 1.06 bits per heavy atom. The van der Waals surface area contributed by atoms with E-state index in [2.05, 4.69) is 5.32 Å². The van der Waals surface area contributed by atoms with Crippen molar-refractivity contribution < 1.29 is 4.79 Å². The molecule has 0 radical (unpaired) electrons. The van der Waals surface area contributed by atoms with Crippen molar-refractivity contribution in [2.45, 2.75) is 25.9 Å². The summed E-state index contributed by atoms with van der Waals surface area (Å²) in [5.41, 5.74) is 2.62. The first kappa shape index (κ1) is 23.1. The number of hydrogen-bond acceptors (Lipinski definition) is 5. The summed E-state index contributed by atoms with van der Waals surface area (Å²) in [7, 11) is 3.57. The van der Waals surface area contributed by atoms with E-state index in [1.165, 1.54) is 4.68 Å². The monoisotopic (exact) mass is 485 g/mol. The van der Waals surface area contributed by atoms with Gasteiger partial charge in [0, 0.05) is 42.7 Å². The number of carbonyl (C=O) groups is 1. The van der Waals surface area contributed by atoms with Gasteiger partial charge in [0.25, 0.3) is 11.5 Å². The van der Waals surface area contributed by atoms with E-state index in [0.29, 0.717) is 45.8 Å². The zero-order valence-corrected chi connectivity index (χ0v) is 20.2. The average Bonchev–Trinajstić information content (AvgIpc) is 2.79. The second kappa shape index (κ2) is 9.45. The van der Waals surface area contributed by atoms with Crippen LogP contribution in [0.15, 0.2) is 53.3 Å². The summed E-state index contributed by atoms with van der Waals surface area (Å²) >= 11 is 11.9. The molecule has 0 saturated carbocycles. The van der Waals surface area contributed by atoms with E-state index in [-0.39, 0.29) is 24.1 Å². The standard InChI is InChI=1S/C24H25Cl2N5O2/c1-15(16-4-8-18(25)9-5-16)27-24-28-21-12-13-30(14-20(21)23(33)31(24)29(2)3)22(32)17-6-10-19(26)11-7-17/h4-11,15H,12-14H2,1-3H3,(H,27,28). The molecule has 3 aromatic rings. The first-order chi connectivity index (χ1) is 15.7. The normalized spacial score (nSPS) is 13.9. The second-order valence-electron chi connectivity index (χ2n) is 8.23. The van der Waals surface area contributed by atoms with Crippen LogP contribution >= 0.6 is 23.2 Å². The second-order valence-corrected chi connectivity index (χ2v) is 9.10. The van der Waals surface area contributed by atoms with Gasteiger partial charge in [0.1, 0.15) is 0 Å². The molecule has 172 valence electrons. The van der Waals surface area contributed by atoms with Gasteiger partial charge in [0.2, 0.25) is 5.95 Å². The molecule has 33 heavy (non-hydrogen) atoms. The lowest BCUT2D eigenvalue weighted by molar-refractivity contribution is 0.0732. The molecule has 0 saturated heterocycles. The average molecular weight is 486 g/mol. The molecular weight excluding hydrogens is 461 g/mol. The topological polar surface area (TPSA) is 70.5 Å². The third kappa shape index (κ3) is 4.84. The van der Waals surface area contributed by atoms with E-state index in [0.717, 1.165) is 5.56 Å². The van der Waals surface area contributed by atoms with Crippen LogP contribution < -0.4 is 15.9 Å². The van der Waals surface area contributed by atoms with Crippen LogP contribution in [0, 0.1) is 0 Å². The predicted octanol–water partition coefficient (Wildman–Crippen LogP) is 4.12. The van der Waals surface area contributed by atoms with Gasteiger partial charge >= 0.3 is 0 Å². The number of anilines is 1. The molecule has 1 atom stereocenters. The van der Waals surface area contributed by atoms with E-state index in [1.54, 1.807) is 48.3 Å². The van der Waals surface area contributed by atoms with Gasteiger partial charge < -0.3 is 15.2 Å². The lowest BCUT2D eigenvalue weighted by atomic mass is 10.1. The van der Waals surface area contributed by atoms with E-state index in [1.807, 2.05) is 31.2 Å². The van der Waals surface area contributed by atoms with Crippen molar-refractivity contribution in [3.8, 4) is 0 Å². The van der Waals surface area contributed by atoms with Gasteiger partial charge in [0.15, 0.2) is 0 Å². The predicted molar refractivity (Wildman–Crippen MR) is 132 cm³/mol. The highest BCUT2D eigenvalue weighted by molar-refractivity contribution is 6.30. The summed E-state index contributed by atoms with van der Waals surface area (Å²) in [5.74, 6) is 0.329. The number of amides is 1. The zero-order valence-electron chi connectivity index (χ0n) is 18.7. The molecule has 1 aliphatic rings. The number of aromatic nitrogens is 2. The van der Waals surface area contributed by atoms with Crippen LogP contribution in [0.2, 0.25) is 10.0 Å². The third-order valence-electron chi connectivity index (χ3n) is 5.70. The molecule has 0 spiro atoms. The summed E-state index contributed by atoms with van der Waals surface area (Å²) < 4.78 is 1.50. The highest BCUT2D eigenvalue weighted by atomic mass is 35.5. The van der Waals surface area contributed by atoms with Crippen LogP contribution in [-0.2, 0) is 13.0 Å². The van der Waals surface area contributed by atoms with Crippen LogP contribution in [-0.4, -0.2) is 41.1 Å². The van der Waals surface area contributed by atoms with Gasteiger partial charge in [-0.3, -0.25) is 9.59 Å². The van der Waals surface area contributed by atoms with E-state index in [4.69, 9.17) is 28.2 Å². The summed E-state index contributed by atoms with van der Waals surface area (Å²) in [6.07, 6.45) is 0.502. The zero-order chi connectivity index (χ0) is 23.7. The van der Waals surface area contributed by atoms with Gasteiger partial charge in [-0.05, 0) is 48.9 Å². The number of benzene rings is 2. The summed E-state index contributed by atoms with van der Waals surface area (Å²) in [6, 6.07) is 14.2. The minimum atomic E-state index is -0.190. The Balaban J connectivity index is 1.63. The van der Waals surface area contributed by atoms with Gasteiger partial charge in [0.05, 0.1) is 23.8 Å². The Morgan fingerprint density at radius 2 is 1.67 bits per heavy atom. The van der Waals surface area contributed by atoms with Crippen molar-refractivity contribution in [2.24, 2.45) is 0 Å². The maximum atomic E-state index is 13.5. The smallest absolute Gasteiger partial charge is 0.278 e. The fourth-order valence-corrected chi connectivity index (χ4v) is 4.16. The Morgan fingerprint density at radius 3 is 2.27 bits per heavy atom. The molecule has 2 aromatic carbocycles. The molecule has 0 fully saturated rings. The fraction of sp³-hybridized carbons (Fsp3) is 0.292. The molecule has 1 N–H and O–H groups in total. The minimum Gasteiger partial charge on any atom is -0.348 e. The molecule has 0 aliphatic carbocycles. The van der Waals surface area contributed by atoms with Crippen molar-refractivity contribution in [1.29, 1.82) is 0 Å². The van der Waals surface area contributed by atoms with Crippen LogP contribution in [0.4, 0.5) is 5.95 Å². The Kier molecular flexibility index (Phi) is 6.63. The molecule has 0 bridgehead atoms. The fourth-order valence-electron chi connectivity index (χ4n) is 3.91. The highest BCUT2D eigenvalue weighted by Gasteiger charge is 2.28. The van der Waals surface area contributed by atoms with Crippen LogP contribution in [0.5, 0.6) is 0 Å². The molecule has 1 aliphatic heterocycles. The third-order valence-corrected chi connectivity index (χ3v) is 6.21. The maximum Gasteiger partial charge on any atom is 0.278 e. The van der Waals surface area contributed by atoms with Gasteiger partial charge in [-0.1, -0.05) is 35.3 Å². The lowest BCUT2D eigenvalue weighted by Crippen LogP contribution is -2.45. The number of hydrogen-bond donors (Lipinski definition) is 1. The summed E-state index contributed by atoms with van der Waals surface area (Å²) in [5, 5.41) is 6.28. The van der Waals surface area contributed by atoms with Crippen LogP contribution in [0.25, 0.3) is 0 Å². The van der Waals surface area contributed by atoms with Crippen molar-refractivity contribution in [3.63, 3.8) is 0 Å². The highest BCUT2D eigenvalue weighted by Crippen LogP contribution is 2.23. The molecule has 1 amide bonds. The molecule has 1 aromatic heterocycles. The Labute approximate surface area is 202 Å². The number of nitrogens with zero attached hydrogens (tertiary/aromatic N) is 4. The molecule has 7 nitrogen and oxygen atoms in total. The van der Waals surface area contributed by atoms with Gasteiger partial charge in [-0.15, -0.1) is 0 Å².